The van der Waals surface area contributed by atoms with E-state index in [4.69, 9.17) is 4.74 Å². The molecule has 5 nitrogen and oxygen atoms in total. The molecule has 0 aromatic carbocycles. The Labute approximate surface area is 116 Å². The Morgan fingerprint density at radius 2 is 2.42 bits per heavy atom. The Morgan fingerprint density at radius 3 is 3.05 bits per heavy atom. The number of hydrogen-bond donors (Lipinski definition) is 2. The number of carbonyl (C=O) groups excluding carboxylic acids is 1. The molecule has 0 saturated heterocycles. The van der Waals surface area contributed by atoms with Crippen LogP contribution >= 0.6 is 11.3 Å². The summed E-state index contributed by atoms with van der Waals surface area (Å²) in [7, 11) is 1.69. The molecule has 1 aromatic rings. The van der Waals surface area contributed by atoms with Crippen LogP contribution in [-0.4, -0.2) is 30.1 Å². The number of hydrogen-bond acceptors (Lipinski definition) is 5. The fraction of sp³-hybridized carbons (Fsp3) is 0.692. The van der Waals surface area contributed by atoms with Crippen molar-refractivity contribution in [2.24, 2.45) is 0 Å². The van der Waals surface area contributed by atoms with Gasteiger partial charge in [0.05, 0.1) is 17.7 Å². The minimum absolute atomic E-state index is 0.0145. The molecule has 1 fully saturated rings. The molecule has 1 saturated carbocycles. The van der Waals surface area contributed by atoms with Crippen molar-refractivity contribution < 1.29 is 9.53 Å². The molecule has 0 radical (unpaired) electrons. The van der Waals surface area contributed by atoms with Gasteiger partial charge in [-0.3, -0.25) is 4.79 Å². The molecule has 2 N–H and O–H groups in total. The molecule has 2 heterocycles. The number of ether oxygens (including phenoxy) is 1. The van der Waals surface area contributed by atoms with Crippen LogP contribution in [0.2, 0.25) is 0 Å². The average molecular weight is 281 g/mol. The molecular weight excluding hydrogens is 262 g/mol. The maximum absolute atomic E-state index is 12.1. The first-order chi connectivity index (χ1) is 9.21. The van der Waals surface area contributed by atoms with Crippen LogP contribution in [0.5, 0.6) is 0 Å². The first-order valence-corrected chi connectivity index (χ1v) is 7.57. The lowest BCUT2D eigenvalue weighted by atomic mass is 9.77. The fourth-order valence-corrected chi connectivity index (χ4v) is 3.65. The van der Waals surface area contributed by atoms with E-state index in [0.29, 0.717) is 6.42 Å². The topological polar surface area (TPSA) is 63.2 Å². The van der Waals surface area contributed by atoms with Crippen molar-refractivity contribution in [3.8, 4) is 0 Å². The van der Waals surface area contributed by atoms with Crippen molar-refractivity contribution in [3.05, 3.63) is 10.6 Å². The van der Waals surface area contributed by atoms with Gasteiger partial charge in [-0.15, -0.1) is 11.3 Å². The van der Waals surface area contributed by atoms with Crippen molar-refractivity contribution in [1.29, 1.82) is 0 Å². The van der Waals surface area contributed by atoms with Crippen LogP contribution < -0.4 is 10.6 Å². The number of thiazole rings is 1. The van der Waals surface area contributed by atoms with E-state index in [0.717, 1.165) is 49.6 Å². The molecule has 0 atom stereocenters. The molecule has 1 aromatic heterocycles. The van der Waals surface area contributed by atoms with Crippen molar-refractivity contribution in [3.63, 3.8) is 0 Å². The summed E-state index contributed by atoms with van der Waals surface area (Å²) in [5.74, 6) is 0.0145. The summed E-state index contributed by atoms with van der Waals surface area (Å²) < 4.78 is 5.48. The van der Waals surface area contributed by atoms with Crippen molar-refractivity contribution in [2.45, 2.75) is 44.2 Å². The van der Waals surface area contributed by atoms with Gasteiger partial charge in [0.15, 0.2) is 5.13 Å². The molecule has 0 bridgehead atoms. The van der Waals surface area contributed by atoms with Crippen molar-refractivity contribution in [2.75, 3.05) is 19.0 Å². The van der Waals surface area contributed by atoms with Crippen LogP contribution in [0.25, 0.3) is 0 Å². The summed E-state index contributed by atoms with van der Waals surface area (Å²) in [5, 5.41) is 6.96. The molecular formula is C13H19N3O2S. The number of nitrogens with zero attached hydrogens (tertiary/aromatic N) is 1. The summed E-state index contributed by atoms with van der Waals surface area (Å²) in [6.07, 6.45) is 4.50. The Balaban J connectivity index is 1.61. The first-order valence-electron chi connectivity index (χ1n) is 6.75. The van der Waals surface area contributed by atoms with Gasteiger partial charge in [-0.2, -0.15) is 0 Å². The fourth-order valence-electron chi connectivity index (χ4n) is 2.66. The SMILES string of the molecule is COC1(CC(=O)Nc2nc3c(s2)CNCC3)CCC1. The van der Waals surface area contributed by atoms with E-state index in [1.807, 2.05) is 0 Å². The maximum atomic E-state index is 12.1. The van der Waals surface area contributed by atoms with Gasteiger partial charge in [0.2, 0.25) is 5.91 Å². The third kappa shape index (κ3) is 2.66. The lowest BCUT2D eigenvalue weighted by molar-refractivity contribution is -0.129. The Morgan fingerprint density at radius 1 is 1.58 bits per heavy atom. The van der Waals surface area contributed by atoms with E-state index in [-0.39, 0.29) is 11.5 Å². The van der Waals surface area contributed by atoms with Crippen LogP contribution in [0.1, 0.15) is 36.3 Å². The minimum atomic E-state index is -0.220. The highest BCUT2D eigenvalue weighted by Crippen LogP contribution is 2.38. The maximum Gasteiger partial charge on any atom is 0.229 e. The normalized spacial score (nSPS) is 20.5. The predicted molar refractivity (Wildman–Crippen MR) is 74.4 cm³/mol. The van der Waals surface area contributed by atoms with Gasteiger partial charge in [0.25, 0.3) is 0 Å². The molecule has 0 unspecified atom stereocenters. The first kappa shape index (κ1) is 13.0. The number of methoxy groups -OCH3 is 1. The Kier molecular flexibility index (Phi) is 3.56. The van der Waals surface area contributed by atoms with Gasteiger partial charge >= 0.3 is 0 Å². The highest BCUT2D eigenvalue weighted by molar-refractivity contribution is 7.15. The molecule has 104 valence electrons. The summed E-state index contributed by atoms with van der Waals surface area (Å²) in [5.41, 5.74) is 0.909. The second-order valence-electron chi connectivity index (χ2n) is 5.28. The van der Waals surface area contributed by atoms with Crippen LogP contribution in [0, 0.1) is 0 Å². The van der Waals surface area contributed by atoms with Crippen LogP contribution in [0.4, 0.5) is 5.13 Å². The zero-order valence-corrected chi connectivity index (χ0v) is 11.9. The number of amides is 1. The molecule has 1 amide bonds. The van der Waals surface area contributed by atoms with Crippen molar-refractivity contribution >= 4 is 22.4 Å². The average Bonchev–Trinajstić information content (AvgIpc) is 2.75. The number of rotatable bonds is 4. The van der Waals surface area contributed by atoms with E-state index in [1.165, 1.54) is 4.88 Å². The molecule has 0 spiro atoms. The number of aromatic nitrogens is 1. The largest absolute Gasteiger partial charge is 0.378 e. The number of carbonyl (C=O) groups is 1. The summed E-state index contributed by atoms with van der Waals surface area (Å²) >= 11 is 1.58. The van der Waals surface area contributed by atoms with Crippen LogP contribution in [-0.2, 0) is 22.5 Å². The predicted octanol–water partition coefficient (Wildman–Crippen LogP) is 1.69. The zero-order valence-electron chi connectivity index (χ0n) is 11.1. The molecule has 6 heteroatoms. The van der Waals surface area contributed by atoms with Crippen LogP contribution in [0.15, 0.2) is 0 Å². The second-order valence-corrected chi connectivity index (χ2v) is 6.36. The van der Waals surface area contributed by atoms with Gasteiger partial charge in [-0.25, -0.2) is 4.98 Å². The lowest BCUT2D eigenvalue weighted by Gasteiger charge is -2.39. The summed E-state index contributed by atoms with van der Waals surface area (Å²) in [6.45, 7) is 1.84. The highest BCUT2D eigenvalue weighted by atomic mass is 32.1. The number of nitrogens with one attached hydrogen (secondary N) is 2. The third-order valence-corrected chi connectivity index (χ3v) is 5.04. The van der Waals surface area contributed by atoms with E-state index in [9.17, 15) is 4.79 Å². The molecule has 2 aliphatic rings. The van der Waals surface area contributed by atoms with Gasteiger partial charge in [-0.05, 0) is 19.3 Å². The smallest absolute Gasteiger partial charge is 0.229 e. The third-order valence-electron chi connectivity index (χ3n) is 4.03. The monoisotopic (exact) mass is 281 g/mol. The molecule has 1 aliphatic heterocycles. The van der Waals surface area contributed by atoms with E-state index >= 15 is 0 Å². The highest BCUT2D eigenvalue weighted by Gasteiger charge is 2.39. The Hall–Kier alpha value is -0.980. The molecule has 19 heavy (non-hydrogen) atoms. The van der Waals surface area contributed by atoms with Gasteiger partial charge in [0.1, 0.15) is 0 Å². The summed E-state index contributed by atoms with van der Waals surface area (Å²) in [4.78, 5) is 17.8. The van der Waals surface area contributed by atoms with Gasteiger partial charge < -0.3 is 15.4 Å². The zero-order chi connectivity index (χ0) is 13.3. The van der Waals surface area contributed by atoms with Gasteiger partial charge in [0, 0.05) is 31.5 Å². The minimum Gasteiger partial charge on any atom is -0.378 e. The molecule has 1 aliphatic carbocycles. The molecule has 3 rings (SSSR count). The quantitative estimate of drug-likeness (QED) is 0.881. The van der Waals surface area contributed by atoms with E-state index < -0.39 is 0 Å². The standard InChI is InChI=1S/C13H19N3O2S/c1-18-13(4-2-5-13)7-11(17)16-12-15-9-3-6-14-8-10(9)19-12/h14H,2-8H2,1H3,(H,15,16,17). The second kappa shape index (κ2) is 5.19. The Bertz CT molecular complexity index is 453. The number of fused-ring (bicyclic) bond motifs is 1. The van der Waals surface area contributed by atoms with Crippen molar-refractivity contribution in [1.82, 2.24) is 10.3 Å². The number of anilines is 1. The lowest BCUT2D eigenvalue weighted by Crippen LogP contribution is -2.42. The van der Waals surface area contributed by atoms with Gasteiger partial charge in [-0.1, -0.05) is 0 Å². The summed E-state index contributed by atoms with van der Waals surface area (Å²) in [6, 6.07) is 0. The van der Waals surface area contributed by atoms with E-state index in [2.05, 4.69) is 15.6 Å². The van der Waals surface area contributed by atoms with Crippen LogP contribution in [0.3, 0.4) is 0 Å². The van der Waals surface area contributed by atoms with E-state index in [1.54, 1.807) is 18.4 Å².